The molecule has 19 heavy (non-hydrogen) atoms. The third-order valence-corrected chi connectivity index (χ3v) is 3.51. The lowest BCUT2D eigenvalue weighted by molar-refractivity contribution is 0.0946. The summed E-state index contributed by atoms with van der Waals surface area (Å²) in [6.45, 7) is 5.37. The third-order valence-electron chi connectivity index (χ3n) is 3.51. The number of carbonyl (C=O) groups is 1. The largest absolute Gasteiger partial charge is 0.494 e. The molecule has 0 bridgehead atoms. The number of nitrogens with one attached hydrogen (secondary N) is 1. The Labute approximate surface area is 114 Å². The number of nitrogen functional groups attached to an aromatic ring is 1. The molecule has 4 heteroatoms. The normalized spacial score (nSPS) is 15.9. The number of amides is 1. The van der Waals surface area contributed by atoms with Crippen LogP contribution in [0.15, 0.2) is 18.2 Å². The highest BCUT2D eigenvalue weighted by Gasteiger charge is 2.27. The van der Waals surface area contributed by atoms with E-state index in [2.05, 4.69) is 12.2 Å². The SMILES string of the molecule is CCOc1cc(N)cc(C(=O)NCC(C)C2CC2)c1. The van der Waals surface area contributed by atoms with Crippen LogP contribution in [0.4, 0.5) is 5.69 Å². The van der Waals surface area contributed by atoms with Crippen LogP contribution in [-0.4, -0.2) is 19.1 Å². The van der Waals surface area contributed by atoms with Gasteiger partial charge in [-0.05, 0) is 43.7 Å². The first-order valence-electron chi connectivity index (χ1n) is 6.91. The Hall–Kier alpha value is -1.71. The zero-order valence-electron chi connectivity index (χ0n) is 11.6. The smallest absolute Gasteiger partial charge is 0.251 e. The molecule has 1 amide bonds. The van der Waals surface area contributed by atoms with E-state index in [0.717, 1.165) is 12.5 Å². The molecular formula is C15H22N2O2. The van der Waals surface area contributed by atoms with Crippen LogP contribution in [-0.2, 0) is 0 Å². The summed E-state index contributed by atoms with van der Waals surface area (Å²) in [5.41, 5.74) is 6.89. The Morgan fingerprint density at radius 3 is 2.84 bits per heavy atom. The number of anilines is 1. The van der Waals surface area contributed by atoms with Gasteiger partial charge in [-0.25, -0.2) is 0 Å². The minimum Gasteiger partial charge on any atom is -0.494 e. The average Bonchev–Trinajstić information content (AvgIpc) is 3.19. The molecule has 2 rings (SSSR count). The highest BCUT2D eigenvalue weighted by Crippen LogP contribution is 2.36. The predicted octanol–water partition coefficient (Wildman–Crippen LogP) is 2.44. The van der Waals surface area contributed by atoms with Gasteiger partial charge in [-0.1, -0.05) is 6.92 Å². The molecule has 3 N–H and O–H groups in total. The monoisotopic (exact) mass is 262 g/mol. The summed E-state index contributed by atoms with van der Waals surface area (Å²) in [4.78, 5) is 12.1. The summed E-state index contributed by atoms with van der Waals surface area (Å²) >= 11 is 0. The molecule has 1 fully saturated rings. The van der Waals surface area contributed by atoms with E-state index < -0.39 is 0 Å². The van der Waals surface area contributed by atoms with Gasteiger partial charge in [0, 0.05) is 23.9 Å². The van der Waals surface area contributed by atoms with Crippen LogP contribution in [0.25, 0.3) is 0 Å². The first kappa shape index (κ1) is 13.7. The topological polar surface area (TPSA) is 64.3 Å². The highest BCUT2D eigenvalue weighted by atomic mass is 16.5. The second kappa shape index (κ2) is 5.95. The van der Waals surface area contributed by atoms with E-state index in [1.54, 1.807) is 18.2 Å². The van der Waals surface area contributed by atoms with Crippen molar-refractivity contribution in [2.24, 2.45) is 11.8 Å². The number of carbonyl (C=O) groups excluding carboxylic acids is 1. The van der Waals surface area contributed by atoms with Crippen LogP contribution < -0.4 is 15.8 Å². The fourth-order valence-electron chi connectivity index (χ4n) is 2.19. The van der Waals surface area contributed by atoms with Crippen molar-refractivity contribution in [2.75, 3.05) is 18.9 Å². The molecular weight excluding hydrogens is 240 g/mol. The van der Waals surface area contributed by atoms with Gasteiger partial charge < -0.3 is 15.8 Å². The van der Waals surface area contributed by atoms with Crippen LogP contribution in [0.2, 0.25) is 0 Å². The lowest BCUT2D eigenvalue weighted by Gasteiger charge is -2.12. The number of hydrogen-bond donors (Lipinski definition) is 2. The molecule has 0 aliphatic heterocycles. The summed E-state index contributed by atoms with van der Waals surface area (Å²) in [6, 6.07) is 5.14. The van der Waals surface area contributed by atoms with Crippen molar-refractivity contribution in [3.8, 4) is 5.75 Å². The van der Waals surface area contributed by atoms with Crippen LogP contribution in [0.1, 0.15) is 37.0 Å². The summed E-state index contributed by atoms with van der Waals surface area (Å²) in [5.74, 6) is 1.90. The average molecular weight is 262 g/mol. The van der Waals surface area contributed by atoms with Gasteiger partial charge in [0.25, 0.3) is 5.91 Å². The van der Waals surface area contributed by atoms with Crippen molar-refractivity contribution < 1.29 is 9.53 Å². The zero-order chi connectivity index (χ0) is 13.8. The predicted molar refractivity (Wildman–Crippen MR) is 76.2 cm³/mol. The second-order valence-electron chi connectivity index (χ2n) is 5.25. The van der Waals surface area contributed by atoms with E-state index >= 15 is 0 Å². The maximum absolute atomic E-state index is 12.1. The van der Waals surface area contributed by atoms with Gasteiger partial charge in [0.05, 0.1) is 6.61 Å². The standard InChI is InChI=1S/C15H22N2O2/c1-3-19-14-7-12(6-13(16)8-14)15(18)17-9-10(2)11-4-5-11/h6-8,10-11H,3-5,9,16H2,1-2H3,(H,17,18). The molecule has 1 atom stereocenters. The van der Waals surface area contributed by atoms with Gasteiger partial charge in [0.2, 0.25) is 0 Å². The number of benzene rings is 1. The summed E-state index contributed by atoms with van der Waals surface area (Å²) in [7, 11) is 0. The van der Waals surface area contributed by atoms with Gasteiger partial charge in [-0.2, -0.15) is 0 Å². The van der Waals surface area contributed by atoms with Crippen molar-refractivity contribution in [1.82, 2.24) is 5.32 Å². The molecule has 1 aromatic carbocycles. The van der Waals surface area contributed by atoms with E-state index in [1.807, 2.05) is 6.92 Å². The Kier molecular flexibility index (Phi) is 4.30. The first-order valence-corrected chi connectivity index (χ1v) is 6.91. The molecule has 1 aliphatic rings. The highest BCUT2D eigenvalue weighted by molar-refractivity contribution is 5.95. The molecule has 1 aromatic rings. The van der Waals surface area contributed by atoms with Crippen LogP contribution in [0.5, 0.6) is 5.75 Å². The van der Waals surface area contributed by atoms with Gasteiger partial charge in [0.15, 0.2) is 0 Å². The number of hydrogen-bond acceptors (Lipinski definition) is 3. The summed E-state index contributed by atoms with van der Waals surface area (Å²) in [5, 5.41) is 2.97. The molecule has 0 heterocycles. The Bertz CT molecular complexity index is 455. The minimum atomic E-state index is -0.0826. The maximum atomic E-state index is 12.1. The molecule has 0 radical (unpaired) electrons. The van der Waals surface area contributed by atoms with E-state index in [-0.39, 0.29) is 5.91 Å². The molecule has 1 unspecified atom stereocenters. The zero-order valence-corrected chi connectivity index (χ0v) is 11.6. The van der Waals surface area contributed by atoms with Gasteiger partial charge >= 0.3 is 0 Å². The third kappa shape index (κ3) is 3.88. The molecule has 4 nitrogen and oxygen atoms in total. The molecule has 0 spiro atoms. The molecule has 1 saturated carbocycles. The molecule has 0 saturated heterocycles. The molecule has 0 aromatic heterocycles. The van der Waals surface area contributed by atoms with Crippen molar-refractivity contribution in [3.63, 3.8) is 0 Å². The van der Waals surface area contributed by atoms with E-state index in [4.69, 9.17) is 10.5 Å². The van der Waals surface area contributed by atoms with Crippen LogP contribution in [0.3, 0.4) is 0 Å². The van der Waals surface area contributed by atoms with E-state index in [1.165, 1.54) is 12.8 Å². The van der Waals surface area contributed by atoms with E-state index in [0.29, 0.717) is 29.5 Å². The van der Waals surface area contributed by atoms with Crippen LogP contribution >= 0.6 is 0 Å². The molecule has 104 valence electrons. The fourth-order valence-corrected chi connectivity index (χ4v) is 2.19. The Morgan fingerprint density at radius 2 is 2.21 bits per heavy atom. The van der Waals surface area contributed by atoms with E-state index in [9.17, 15) is 4.79 Å². The van der Waals surface area contributed by atoms with Crippen molar-refractivity contribution in [2.45, 2.75) is 26.7 Å². The number of nitrogens with two attached hydrogens (primary N) is 1. The Balaban J connectivity index is 1.97. The Morgan fingerprint density at radius 1 is 1.47 bits per heavy atom. The van der Waals surface area contributed by atoms with Crippen molar-refractivity contribution >= 4 is 11.6 Å². The maximum Gasteiger partial charge on any atom is 0.251 e. The quantitative estimate of drug-likeness (QED) is 0.774. The van der Waals surface area contributed by atoms with Gasteiger partial charge in [0.1, 0.15) is 5.75 Å². The van der Waals surface area contributed by atoms with Gasteiger partial charge in [-0.3, -0.25) is 4.79 Å². The lowest BCUT2D eigenvalue weighted by Crippen LogP contribution is -2.29. The van der Waals surface area contributed by atoms with Crippen molar-refractivity contribution in [1.29, 1.82) is 0 Å². The summed E-state index contributed by atoms with van der Waals surface area (Å²) in [6.07, 6.45) is 2.59. The molecule has 1 aliphatic carbocycles. The van der Waals surface area contributed by atoms with Crippen molar-refractivity contribution in [3.05, 3.63) is 23.8 Å². The van der Waals surface area contributed by atoms with Gasteiger partial charge in [-0.15, -0.1) is 0 Å². The minimum absolute atomic E-state index is 0.0826. The second-order valence-corrected chi connectivity index (χ2v) is 5.25. The van der Waals surface area contributed by atoms with Crippen LogP contribution in [0, 0.1) is 11.8 Å². The number of ether oxygens (including phenoxy) is 1. The fraction of sp³-hybridized carbons (Fsp3) is 0.533. The summed E-state index contributed by atoms with van der Waals surface area (Å²) < 4.78 is 5.39. The number of rotatable bonds is 6. The first-order chi connectivity index (χ1) is 9.10. The lowest BCUT2D eigenvalue weighted by atomic mass is 10.1.